The van der Waals surface area contributed by atoms with Crippen LogP contribution in [0.3, 0.4) is 0 Å². The predicted octanol–water partition coefficient (Wildman–Crippen LogP) is 5.11. The summed E-state index contributed by atoms with van der Waals surface area (Å²) in [5.74, 6) is 1.68. The molecule has 0 spiro atoms. The van der Waals surface area contributed by atoms with Crippen LogP contribution >= 0.6 is 24.0 Å². The van der Waals surface area contributed by atoms with Crippen LogP contribution in [-0.4, -0.2) is 60.5 Å². The van der Waals surface area contributed by atoms with Crippen LogP contribution in [0.25, 0.3) is 10.9 Å². The molecule has 1 atom stereocenters. The summed E-state index contributed by atoms with van der Waals surface area (Å²) >= 11 is 7.59. The van der Waals surface area contributed by atoms with Crippen LogP contribution < -0.4 is 4.74 Å². The van der Waals surface area contributed by atoms with E-state index in [2.05, 4.69) is 47.1 Å². The second-order valence-electron chi connectivity index (χ2n) is 7.90. The molecule has 0 amide bonds. The predicted molar refractivity (Wildman–Crippen MR) is 136 cm³/mol. The fraction of sp³-hybridized carbons (Fsp3) is 0.400. The maximum Gasteiger partial charge on any atom is 0.137 e. The minimum atomic E-state index is 0.0479. The van der Waals surface area contributed by atoms with Crippen molar-refractivity contribution in [2.75, 3.05) is 46.3 Å². The summed E-state index contributed by atoms with van der Waals surface area (Å²) in [6.07, 6.45) is 0.969. The van der Waals surface area contributed by atoms with Crippen LogP contribution in [0.15, 0.2) is 42.5 Å². The van der Waals surface area contributed by atoms with Gasteiger partial charge in [0, 0.05) is 36.0 Å². The van der Waals surface area contributed by atoms with Crippen LogP contribution in [0.5, 0.6) is 5.75 Å². The van der Waals surface area contributed by atoms with E-state index in [1.165, 1.54) is 33.3 Å². The summed E-state index contributed by atoms with van der Waals surface area (Å²) in [5.41, 5.74) is 6.31. The molecule has 0 bridgehead atoms. The van der Waals surface area contributed by atoms with Gasteiger partial charge in [-0.2, -0.15) is 0 Å². The van der Waals surface area contributed by atoms with E-state index in [1.54, 1.807) is 26.0 Å². The fourth-order valence-electron chi connectivity index (χ4n) is 4.25. The number of nitrogens with zero attached hydrogens (tertiary/aromatic N) is 1. The van der Waals surface area contributed by atoms with Gasteiger partial charge in [0.1, 0.15) is 10.1 Å². The van der Waals surface area contributed by atoms with Gasteiger partial charge in [0.15, 0.2) is 0 Å². The molecule has 4 rings (SSSR count). The molecular weight excluding hydrogens is 440 g/mol. The summed E-state index contributed by atoms with van der Waals surface area (Å²) < 4.78 is 16.9. The Morgan fingerprint density at radius 1 is 1.12 bits per heavy atom. The lowest BCUT2D eigenvalue weighted by Crippen LogP contribution is -2.38. The molecule has 1 aromatic heterocycles. The number of aryl methyl sites for hydroxylation is 1. The van der Waals surface area contributed by atoms with Gasteiger partial charge in [-0.3, -0.25) is 0 Å². The molecule has 2 heterocycles. The topological polar surface area (TPSA) is 46.7 Å². The van der Waals surface area contributed by atoms with Crippen molar-refractivity contribution >= 4 is 39.2 Å². The number of hydrogen-bond donors (Lipinski definition) is 1. The Balaban J connectivity index is 1.61. The zero-order chi connectivity index (χ0) is 22.5. The lowest BCUT2D eigenvalue weighted by Gasteiger charge is -2.37. The molecule has 5 nitrogen and oxygen atoms in total. The van der Waals surface area contributed by atoms with Gasteiger partial charge >= 0.3 is 0 Å². The van der Waals surface area contributed by atoms with Crippen molar-refractivity contribution in [3.63, 3.8) is 0 Å². The van der Waals surface area contributed by atoms with E-state index in [1.807, 2.05) is 12.1 Å². The van der Waals surface area contributed by atoms with Crippen molar-refractivity contribution in [3.05, 3.63) is 64.8 Å². The quantitative estimate of drug-likeness (QED) is 0.365. The summed E-state index contributed by atoms with van der Waals surface area (Å²) in [6.45, 7) is 4.92. The van der Waals surface area contributed by atoms with Gasteiger partial charge in [-0.15, -0.1) is 0 Å². The molecule has 3 aromatic rings. The first-order chi connectivity index (χ1) is 15.6. The van der Waals surface area contributed by atoms with Crippen molar-refractivity contribution in [1.29, 1.82) is 0 Å². The highest BCUT2D eigenvalue weighted by atomic mass is 32.2. The Morgan fingerprint density at radius 3 is 2.69 bits per heavy atom. The summed E-state index contributed by atoms with van der Waals surface area (Å²) in [5, 5.41) is 1.32. The zero-order valence-corrected chi connectivity index (χ0v) is 20.5. The number of aromatic nitrogens is 1. The van der Waals surface area contributed by atoms with Gasteiger partial charge in [0.2, 0.25) is 0 Å². The van der Waals surface area contributed by atoms with Gasteiger partial charge in [-0.25, -0.2) is 0 Å². The Bertz CT molecular complexity index is 1060. The third-order valence-electron chi connectivity index (χ3n) is 5.83. The van der Waals surface area contributed by atoms with Gasteiger partial charge in [0.05, 0.1) is 33.0 Å². The van der Waals surface area contributed by atoms with Crippen molar-refractivity contribution in [2.45, 2.75) is 19.4 Å². The summed E-state index contributed by atoms with van der Waals surface area (Å²) in [7, 11) is 3.38. The van der Waals surface area contributed by atoms with E-state index in [0.29, 0.717) is 19.8 Å². The van der Waals surface area contributed by atoms with E-state index in [-0.39, 0.29) is 6.04 Å². The molecule has 0 saturated carbocycles. The number of rotatable bonds is 8. The highest BCUT2D eigenvalue weighted by Gasteiger charge is 2.33. The average molecular weight is 471 g/mol. The number of aromatic amines is 1. The number of thioether (sulfide) groups is 1. The minimum Gasteiger partial charge on any atom is -0.497 e. The number of ether oxygens (including phenoxy) is 3. The van der Waals surface area contributed by atoms with Crippen molar-refractivity contribution in [1.82, 2.24) is 9.88 Å². The van der Waals surface area contributed by atoms with Crippen LogP contribution in [0.2, 0.25) is 0 Å². The molecule has 1 aliphatic rings. The molecule has 1 N–H and O–H groups in total. The molecule has 0 radical (unpaired) electrons. The first-order valence-electron chi connectivity index (χ1n) is 10.9. The number of fused-ring (bicyclic) bond motifs is 3. The average Bonchev–Trinajstić information content (AvgIpc) is 3.18. The fourth-order valence-corrected chi connectivity index (χ4v) is 5.43. The van der Waals surface area contributed by atoms with Gasteiger partial charge in [-0.05, 0) is 48.7 Å². The first kappa shape index (κ1) is 23.1. The van der Waals surface area contributed by atoms with E-state index in [4.69, 9.17) is 26.4 Å². The molecule has 0 aliphatic carbocycles. The minimum absolute atomic E-state index is 0.0479. The highest BCUT2D eigenvalue weighted by Crippen LogP contribution is 2.40. The molecule has 0 saturated heterocycles. The zero-order valence-electron chi connectivity index (χ0n) is 18.8. The van der Waals surface area contributed by atoms with Gasteiger partial charge < -0.3 is 24.1 Å². The van der Waals surface area contributed by atoms with E-state index >= 15 is 0 Å². The van der Waals surface area contributed by atoms with Crippen molar-refractivity contribution in [2.24, 2.45) is 0 Å². The molecule has 1 unspecified atom stereocenters. The first-order valence-corrected chi connectivity index (χ1v) is 12.3. The maximum atomic E-state index is 5.90. The number of benzene rings is 2. The number of H-pyrrole nitrogens is 1. The Labute approximate surface area is 199 Å². The second kappa shape index (κ2) is 10.7. The summed E-state index contributed by atoms with van der Waals surface area (Å²) in [6, 6.07) is 15.0. The molecule has 7 heteroatoms. The largest absolute Gasteiger partial charge is 0.497 e. The molecule has 32 heavy (non-hydrogen) atoms. The smallest absolute Gasteiger partial charge is 0.137 e. The molecule has 0 fully saturated rings. The monoisotopic (exact) mass is 470 g/mol. The number of thiocarbonyl (C=S) groups is 1. The lowest BCUT2D eigenvalue weighted by atomic mass is 9.92. The van der Waals surface area contributed by atoms with E-state index < -0.39 is 0 Å². The van der Waals surface area contributed by atoms with Crippen molar-refractivity contribution in [3.8, 4) is 5.75 Å². The van der Waals surface area contributed by atoms with Crippen molar-refractivity contribution < 1.29 is 14.2 Å². The Morgan fingerprint density at radius 2 is 1.94 bits per heavy atom. The SMILES string of the molecule is COCCOCCSC(=S)N1CCc2c([nH]c3ccc(C)cc23)C1c1ccc(OC)cc1. The third kappa shape index (κ3) is 4.96. The Hall–Kier alpha value is -2.06. The molecule has 2 aromatic carbocycles. The third-order valence-corrected chi connectivity index (χ3v) is 7.27. The second-order valence-corrected chi connectivity index (χ2v) is 9.63. The molecular formula is C25H30N2O3S2. The number of nitrogens with one attached hydrogen (secondary N) is 1. The van der Waals surface area contributed by atoms with Crippen LogP contribution in [0, 0.1) is 6.92 Å². The standard InChI is InChI=1S/C25H30N2O3S2/c1-17-4-9-22-21(16-17)20-10-11-27(25(31)32-15-14-30-13-12-28-2)24(23(20)26-22)18-5-7-19(29-3)8-6-18/h4-9,16,24,26H,10-15H2,1-3H3. The van der Waals surface area contributed by atoms with E-state index in [0.717, 1.165) is 28.8 Å². The van der Waals surface area contributed by atoms with E-state index in [9.17, 15) is 0 Å². The van der Waals surface area contributed by atoms with Gasteiger partial charge in [0.25, 0.3) is 0 Å². The molecule has 170 valence electrons. The highest BCUT2D eigenvalue weighted by molar-refractivity contribution is 8.22. The summed E-state index contributed by atoms with van der Waals surface area (Å²) in [4.78, 5) is 6.06. The number of methoxy groups -OCH3 is 2. The lowest BCUT2D eigenvalue weighted by molar-refractivity contribution is 0.0790. The van der Waals surface area contributed by atoms with Gasteiger partial charge in [-0.1, -0.05) is 47.7 Å². The normalized spacial score (nSPS) is 15.7. The maximum absolute atomic E-state index is 5.90. The number of hydrogen-bond acceptors (Lipinski definition) is 5. The van der Waals surface area contributed by atoms with Crippen LogP contribution in [-0.2, 0) is 15.9 Å². The van der Waals surface area contributed by atoms with Crippen LogP contribution in [0.4, 0.5) is 0 Å². The Kier molecular flexibility index (Phi) is 7.73. The molecule has 1 aliphatic heterocycles. The van der Waals surface area contributed by atoms with Crippen LogP contribution in [0.1, 0.15) is 28.4 Å².